The summed E-state index contributed by atoms with van der Waals surface area (Å²) in [7, 11) is 0. The molecule has 2 heterocycles. The van der Waals surface area contributed by atoms with Crippen molar-refractivity contribution in [2.75, 3.05) is 25.1 Å². The maximum absolute atomic E-state index is 12.6. The standard InChI is InChI=1S/C17H25N3O4S/c1-12(21)20-8-5-13(6-9-20)18-16(22)14(7-11-25-2)19-17(23)15-4-3-10-24-15/h3-4,10,13-14H,5-9,11H2,1-2H3,(H,18,22)(H,19,23)/t14-/m0/s1. The molecule has 0 aromatic carbocycles. The first-order chi connectivity index (χ1) is 12.0. The van der Waals surface area contributed by atoms with Crippen LogP contribution in [0.3, 0.4) is 0 Å². The molecule has 1 saturated heterocycles. The molecule has 138 valence electrons. The van der Waals surface area contributed by atoms with Gasteiger partial charge in [0.15, 0.2) is 5.76 Å². The fourth-order valence-corrected chi connectivity index (χ4v) is 3.25. The average Bonchev–Trinajstić information content (AvgIpc) is 3.13. The van der Waals surface area contributed by atoms with E-state index in [1.54, 1.807) is 35.7 Å². The Balaban J connectivity index is 1.89. The largest absolute Gasteiger partial charge is 0.459 e. The van der Waals surface area contributed by atoms with Gasteiger partial charge >= 0.3 is 0 Å². The first-order valence-electron chi connectivity index (χ1n) is 8.40. The van der Waals surface area contributed by atoms with Crippen molar-refractivity contribution in [3.8, 4) is 0 Å². The first-order valence-corrected chi connectivity index (χ1v) is 9.80. The zero-order valence-corrected chi connectivity index (χ0v) is 15.4. The molecule has 1 aromatic heterocycles. The number of hydrogen-bond donors (Lipinski definition) is 2. The summed E-state index contributed by atoms with van der Waals surface area (Å²) in [4.78, 5) is 37.9. The molecule has 0 spiro atoms. The number of likely N-dealkylation sites (tertiary alicyclic amines) is 1. The van der Waals surface area contributed by atoms with E-state index in [1.165, 1.54) is 6.26 Å². The van der Waals surface area contributed by atoms with E-state index in [0.717, 1.165) is 18.6 Å². The molecule has 1 aliphatic rings. The lowest BCUT2D eigenvalue weighted by atomic mass is 10.0. The predicted octanol–water partition coefficient (Wildman–Crippen LogP) is 1.26. The Labute approximate surface area is 151 Å². The van der Waals surface area contributed by atoms with Gasteiger partial charge in [0.05, 0.1) is 6.26 Å². The van der Waals surface area contributed by atoms with Crippen LogP contribution in [0.1, 0.15) is 36.7 Å². The smallest absolute Gasteiger partial charge is 0.287 e. The molecule has 1 aromatic rings. The van der Waals surface area contributed by atoms with E-state index in [2.05, 4.69) is 10.6 Å². The zero-order valence-electron chi connectivity index (χ0n) is 14.6. The SMILES string of the molecule is CSCC[C@H](NC(=O)c1ccco1)C(=O)NC1CCN(C(C)=O)CC1. The Morgan fingerprint density at radius 1 is 1.36 bits per heavy atom. The van der Waals surface area contributed by atoms with Crippen LogP contribution >= 0.6 is 11.8 Å². The highest BCUT2D eigenvalue weighted by molar-refractivity contribution is 7.98. The summed E-state index contributed by atoms with van der Waals surface area (Å²) < 4.78 is 5.08. The number of carbonyl (C=O) groups excluding carboxylic acids is 3. The lowest BCUT2D eigenvalue weighted by Crippen LogP contribution is -2.52. The molecule has 1 aliphatic heterocycles. The number of nitrogens with zero attached hydrogens (tertiary/aromatic N) is 1. The third-order valence-corrected chi connectivity index (χ3v) is 4.91. The minimum Gasteiger partial charge on any atom is -0.459 e. The summed E-state index contributed by atoms with van der Waals surface area (Å²) in [6.07, 6.45) is 5.39. The van der Waals surface area contributed by atoms with Gasteiger partial charge in [0, 0.05) is 26.1 Å². The second-order valence-corrected chi connectivity index (χ2v) is 7.06. The van der Waals surface area contributed by atoms with Gasteiger partial charge in [0.1, 0.15) is 6.04 Å². The number of thioether (sulfide) groups is 1. The fraction of sp³-hybridized carbons (Fsp3) is 0.588. The van der Waals surface area contributed by atoms with E-state index in [1.807, 2.05) is 6.26 Å². The normalized spacial score (nSPS) is 16.3. The second-order valence-electron chi connectivity index (χ2n) is 6.07. The molecule has 2 N–H and O–H groups in total. The summed E-state index contributed by atoms with van der Waals surface area (Å²) in [6, 6.07) is 2.63. The summed E-state index contributed by atoms with van der Waals surface area (Å²) in [5.41, 5.74) is 0. The van der Waals surface area contributed by atoms with Crippen molar-refractivity contribution >= 4 is 29.5 Å². The molecule has 25 heavy (non-hydrogen) atoms. The maximum Gasteiger partial charge on any atom is 0.287 e. The molecular weight excluding hydrogens is 342 g/mol. The van der Waals surface area contributed by atoms with Crippen LogP contribution in [-0.2, 0) is 9.59 Å². The van der Waals surface area contributed by atoms with Crippen molar-refractivity contribution < 1.29 is 18.8 Å². The van der Waals surface area contributed by atoms with Gasteiger partial charge in [-0.25, -0.2) is 0 Å². The van der Waals surface area contributed by atoms with Crippen molar-refractivity contribution in [2.24, 2.45) is 0 Å². The minimum atomic E-state index is -0.601. The monoisotopic (exact) mass is 367 g/mol. The molecule has 7 nitrogen and oxygen atoms in total. The van der Waals surface area contributed by atoms with E-state index in [0.29, 0.717) is 19.5 Å². The lowest BCUT2D eigenvalue weighted by molar-refractivity contribution is -0.130. The quantitative estimate of drug-likeness (QED) is 0.757. The van der Waals surface area contributed by atoms with Crippen LogP contribution in [0.15, 0.2) is 22.8 Å². The van der Waals surface area contributed by atoms with E-state index in [-0.39, 0.29) is 23.6 Å². The summed E-state index contributed by atoms with van der Waals surface area (Å²) in [5.74, 6) is 0.442. The zero-order chi connectivity index (χ0) is 18.2. The van der Waals surface area contributed by atoms with Crippen molar-refractivity contribution in [3.63, 3.8) is 0 Å². The van der Waals surface area contributed by atoms with Crippen LogP contribution in [0.5, 0.6) is 0 Å². The third kappa shape index (κ3) is 5.81. The molecule has 0 unspecified atom stereocenters. The Kier molecular flexibility index (Phi) is 7.36. The summed E-state index contributed by atoms with van der Waals surface area (Å²) in [5, 5.41) is 5.75. The number of hydrogen-bond acceptors (Lipinski definition) is 5. The number of nitrogens with one attached hydrogen (secondary N) is 2. The van der Waals surface area contributed by atoms with Gasteiger partial charge in [0.25, 0.3) is 5.91 Å². The van der Waals surface area contributed by atoms with Crippen LogP contribution in [0.4, 0.5) is 0 Å². The lowest BCUT2D eigenvalue weighted by Gasteiger charge is -2.32. The minimum absolute atomic E-state index is 0.0281. The van der Waals surface area contributed by atoms with E-state index >= 15 is 0 Å². The first kappa shape index (κ1) is 19.4. The topological polar surface area (TPSA) is 91.7 Å². The Morgan fingerprint density at radius 2 is 2.08 bits per heavy atom. The van der Waals surface area contributed by atoms with Crippen LogP contribution in [0.2, 0.25) is 0 Å². The molecule has 1 fully saturated rings. The Bertz CT molecular complexity index is 583. The molecule has 3 amide bonds. The number of piperidine rings is 1. The van der Waals surface area contributed by atoms with Crippen molar-refractivity contribution in [2.45, 2.75) is 38.3 Å². The van der Waals surface area contributed by atoms with Crippen LogP contribution in [-0.4, -0.2) is 59.8 Å². The maximum atomic E-state index is 12.6. The summed E-state index contributed by atoms with van der Waals surface area (Å²) in [6.45, 7) is 2.85. The van der Waals surface area contributed by atoms with Gasteiger partial charge in [-0.05, 0) is 43.4 Å². The van der Waals surface area contributed by atoms with Gasteiger partial charge < -0.3 is 20.0 Å². The van der Waals surface area contributed by atoms with Gasteiger partial charge in [0.2, 0.25) is 11.8 Å². The Hall–Kier alpha value is -1.96. The number of rotatable bonds is 7. The van der Waals surface area contributed by atoms with Crippen molar-refractivity contribution in [1.29, 1.82) is 0 Å². The molecule has 1 atom stereocenters. The molecule has 0 radical (unpaired) electrons. The fourth-order valence-electron chi connectivity index (χ4n) is 2.78. The number of carbonyl (C=O) groups is 3. The highest BCUT2D eigenvalue weighted by Gasteiger charge is 2.27. The molecule has 0 aliphatic carbocycles. The molecular formula is C17H25N3O4S. The van der Waals surface area contributed by atoms with E-state index in [9.17, 15) is 14.4 Å². The van der Waals surface area contributed by atoms with Crippen LogP contribution in [0.25, 0.3) is 0 Å². The highest BCUT2D eigenvalue weighted by Crippen LogP contribution is 2.12. The predicted molar refractivity (Wildman–Crippen MR) is 96.4 cm³/mol. The van der Waals surface area contributed by atoms with Gasteiger partial charge in [-0.3, -0.25) is 14.4 Å². The summed E-state index contributed by atoms with van der Waals surface area (Å²) >= 11 is 1.62. The Morgan fingerprint density at radius 3 is 2.64 bits per heavy atom. The van der Waals surface area contributed by atoms with Gasteiger partial charge in [-0.1, -0.05) is 0 Å². The second kappa shape index (κ2) is 9.50. The van der Waals surface area contributed by atoms with Crippen molar-refractivity contribution in [3.05, 3.63) is 24.2 Å². The van der Waals surface area contributed by atoms with E-state index in [4.69, 9.17) is 4.42 Å². The average molecular weight is 367 g/mol. The third-order valence-electron chi connectivity index (χ3n) is 4.26. The van der Waals surface area contributed by atoms with Crippen LogP contribution in [0, 0.1) is 0 Å². The van der Waals surface area contributed by atoms with Crippen LogP contribution < -0.4 is 10.6 Å². The van der Waals surface area contributed by atoms with Crippen molar-refractivity contribution in [1.82, 2.24) is 15.5 Å². The molecule has 0 saturated carbocycles. The number of amides is 3. The molecule has 2 rings (SSSR count). The van der Waals surface area contributed by atoms with Gasteiger partial charge in [-0.2, -0.15) is 11.8 Å². The molecule has 0 bridgehead atoms. The number of furan rings is 1. The van der Waals surface area contributed by atoms with Gasteiger partial charge in [-0.15, -0.1) is 0 Å². The molecule has 8 heteroatoms. The highest BCUT2D eigenvalue weighted by atomic mass is 32.2. The van der Waals surface area contributed by atoms with E-state index < -0.39 is 11.9 Å².